The summed E-state index contributed by atoms with van der Waals surface area (Å²) in [7, 11) is 5.53. The van der Waals surface area contributed by atoms with Crippen molar-refractivity contribution >= 4 is 31.4 Å². The summed E-state index contributed by atoms with van der Waals surface area (Å²) < 4.78 is 10.4. The highest BCUT2D eigenvalue weighted by Gasteiger charge is 1.92. The number of rotatable bonds is 10. The van der Waals surface area contributed by atoms with Gasteiger partial charge in [0.2, 0.25) is 0 Å². The van der Waals surface area contributed by atoms with Crippen molar-refractivity contribution in [3.63, 3.8) is 0 Å². The van der Waals surface area contributed by atoms with Gasteiger partial charge in [-0.15, -0.1) is 0 Å². The van der Waals surface area contributed by atoms with E-state index in [2.05, 4.69) is 0 Å². The molecule has 0 aliphatic rings. The zero-order chi connectivity index (χ0) is 9.78. The van der Waals surface area contributed by atoms with E-state index in [-0.39, 0.29) is 0 Å². The van der Waals surface area contributed by atoms with Crippen LogP contribution in [0.1, 0.15) is 13.8 Å². The lowest BCUT2D eigenvalue weighted by atomic mass is 10.8. The highest BCUT2D eigenvalue weighted by atomic mass is 33.5. The molecule has 80 valence electrons. The predicted octanol–water partition coefficient (Wildman–Crippen LogP) is 3.09. The lowest BCUT2D eigenvalue weighted by molar-refractivity contribution is 0.164. The van der Waals surface area contributed by atoms with Gasteiger partial charge in [-0.2, -0.15) is 0 Å². The van der Waals surface area contributed by atoms with Crippen molar-refractivity contribution in [1.29, 1.82) is 0 Å². The third-order valence-electron chi connectivity index (χ3n) is 1.13. The van der Waals surface area contributed by atoms with E-state index in [1.807, 2.05) is 45.3 Å². The SMILES string of the molecule is CCOCCSSSCCOCC. The van der Waals surface area contributed by atoms with Crippen molar-refractivity contribution in [3.05, 3.63) is 0 Å². The Morgan fingerprint density at radius 3 is 1.69 bits per heavy atom. The first-order valence-electron chi connectivity index (χ1n) is 4.48. The van der Waals surface area contributed by atoms with Crippen molar-refractivity contribution in [2.24, 2.45) is 0 Å². The maximum atomic E-state index is 5.21. The van der Waals surface area contributed by atoms with Crippen LogP contribution in [0.2, 0.25) is 0 Å². The standard InChI is InChI=1S/C8H18O2S3/c1-3-9-5-7-11-13-12-8-6-10-4-2/h3-8H2,1-2H3. The van der Waals surface area contributed by atoms with Crippen molar-refractivity contribution < 1.29 is 9.47 Å². The lowest BCUT2D eigenvalue weighted by Crippen LogP contribution is -1.95. The molecule has 5 heteroatoms. The largest absolute Gasteiger partial charge is 0.381 e. The maximum absolute atomic E-state index is 5.21. The lowest BCUT2D eigenvalue weighted by Gasteiger charge is -2.01. The van der Waals surface area contributed by atoms with Crippen LogP contribution in [0.25, 0.3) is 0 Å². The van der Waals surface area contributed by atoms with Crippen LogP contribution >= 0.6 is 31.4 Å². The molecule has 0 N–H and O–H groups in total. The minimum Gasteiger partial charge on any atom is -0.381 e. The summed E-state index contributed by atoms with van der Waals surface area (Å²) in [6.45, 7) is 7.41. The molecule has 0 aromatic rings. The van der Waals surface area contributed by atoms with Gasteiger partial charge in [0.05, 0.1) is 13.2 Å². The van der Waals surface area contributed by atoms with Gasteiger partial charge in [0.15, 0.2) is 0 Å². The Hall–Kier alpha value is 0.970. The zero-order valence-electron chi connectivity index (χ0n) is 8.28. The van der Waals surface area contributed by atoms with Crippen molar-refractivity contribution in [3.8, 4) is 0 Å². The molecule has 0 aromatic carbocycles. The Kier molecular flexibility index (Phi) is 13.9. The highest BCUT2D eigenvalue weighted by molar-refractivity contribution is 9.09. The number of hydrogen-bond donors (Lipinski definition) is 0. The normalized spacial score (nSPS) is 10.6. The first-order valence-corrected chi connectivity index (χ1v) is 8.30. The third kappa shape index (κ3) is 13.0. The van der Waals surface area contributed by atoms with Crippen LogP contribution in [-0.4, -0.2) is 37.9 Å². The molecule has 0 heterocycles. The summed E-state index contributed by atoms with van der Waals surface area (Å²) in [6.07, 6.45) is 0. The average Bonchev–Trinajstić information content (AvgIpc) is 2.16. The van der Waals surface area contributed by atoms with Crippen LogP contribution in [0.5, 0.6) is 0 Å². The summed E-state index contributed by atoms with van der Waals surface area (Å²) in [5, 5.41) is 0. The number of hydrogen-bond acceptors (Lipinski definition) is 5. The second-order valence-corrected chi connectivity index (χ2v) is 6.58. The molecule has 0 unspecified atom stereocenters. The van der Waals surface area contributed by atoms with Crippen molar-refractivity contribution in [2.75, 3.05) is 37.9 Å². The predicted molar refractivity (Wildman–Crippen MR) is 65.5 cm³/mol. The molecule has 0 rings (SSSR count). The van der Waals surface area contributed by atoms with Gasteiger partial charge < -0.3 is 9.47 Å². The van der Waals surface area contributed by atoms with E-state index in [0.717, 1.165) is 37.9 Å². The first kappa shape index (κ1) is 14.0. The van der Waals surface area contributed by atoms with Gasteiger partial charge in [0.1, 0.15) is 0 Å². The second kappa shape index (κ2) is 13.0. The molecule has 13 heavy (non-hydrogen) atoms. The van der Waals surface area contributed by atoms with E-state index < -0.39 is 0 Å². The van der Waals surface area contributed by atoms with Crippen molar-refractivity contribution in [1.82, 2.24) is 0 Å². The molecule has 0 bridgehead atoms. The van der Waals surface area contributed by atoms with Crippen LogP contribution in [0.3, 0.4) is 0 Å². The zero-order valence-corrected chi connectivity index (χ0v) is 10.7. The summed E-state index contributed by atoms with van der Waals surface area (Å²) in [5.41, 5.74) is 0. The molecule has 0 aliphatic carbocycles. The van der Waals surface area contributed by atoms with E-state index in [9.17, 15) is 0 Å². The van der Waals surface area contributed by atoms with Crippen molar-refractivity contribution in [2.45, 2.75) is 13.8 Å². The molecule has 2 nitrogen and oxygen atoms in total. The van der Waals surface area contributed by atoms with Crippen LogP contribution in [0, 0.1) is 0 Å². The van der Waals surface area contributed by atoms with Gasteiger partial charge in [0.25, 0.3) is 0 Å². The van der Waals surface area contributed by atoms with Crippen LogP contribution in [0.4, 0.5) is 0 Å². The van der Waals surface area contributed by atoms with Gasteiger partial charge in [0, 0.05) is 24.7 Å². The molecule has 0 radical (unpaired) electrons. The quantitative estimate of drug-likeness (QED) is 0.431. The van der Waals surface area contributed by atoms with Crippen LogP contribution in [0.15, 0.2) is 0 Å². The van der Waals surface area contributed by atoms with Crippen LogP contribution < -0.4 is 0 Å². The van der Waals surface area contributed by atoms with Gasteiger partial charge >= 0.3 is 0 Å². The monoisotopic (exact) mass is 242 g/mol. The molecule has 0 spiro atoms. The summed E-state index contributed by atoms with van der Waals surface area (Å²) in [6, 6.07) is 0. The molecule has 0 saturated heterocycles. The van der Waals surface area contributed by atoms with E-state index in [1.165, 1.54) is 0 Å². The van der Waals surface area contributed by atoms with Gasteiger partial charge in [-0.25, -0.2) is 0 Å². The first-order chi connectivity index (χ1) is 6.41. The van der Waals surface area contributed by atoms with Crippen LogP contribution in [-0.2, 0) is 9.47 Å². The average molecular weight is 242 g/mol. The van der Waals surface area contributed by atoms with Gasteiger partial charge in [-0.3, -0.25) is 0 Å². The molecular formula is C8H18O2S3. The second-order valence-electron chi connectivity index (χ2n) is 2.11. The fraction of sp³-hybridized carbons (Fsp3) is 1.00. The van der Waals surface area contributed by atoms with Gasteiger partial charge in [-0.05, 0) is 23.7 Å². The summed E-state index contributed by atoms with van der Waals surface area (Å²) in [4.78, 5) is 0. The molecule has 0 aliphatic heterocycles. The molecular weight excluding hydrogens is 224 g/mol. The number of ether oxygens (including phenoxy) is 2. The topological polar surface area (TPSA) is 18.5 Å². The molecule has 0 atom stereocenters. The third-order valence-corrected chi connectivity index (χ3v) is 5.29. The fourth-order valence-corrected chi connectivity index (χ4v) is 4.01. The Labute approximate surface area is 92.7 Å². The van der Waals surface area contributed by atoms with E-state index in [1.54, 1.807) is 0 Å². The Morgan fingerprint density at radius 2 is 1.31 bits per heavy atom. The Balaban J connectivity index is 2.76. The fourth-order valence-electron chi connectivity index (χ4n) is 0.577. The summed E-state index contributed by atoms with van der Waals surface area (Å²) >= 11 is 0. The molecule has 0 amide bonds. The summed E-state index contributed by atoms with van der Waals surface area (Å²) in [5.74, 6) is 2.14. The Bertz CT molecular complexity index is 83.5. The molecule has 0 fully saturated rings. The van der Waals surface area contributed by atoms with E-state index in [4.69, 9.17) is 9.47 Å². The smallest absolute Gasteiger partial charge is 0.0565 e. The minimum absolute atomic E-state index is 0.822. The highest BCUT2D eigenvalue weighted by Crippen LogP contribution is 2.33. The minimum atomic E-state index is 0.822. The Morgan fingerprint density at radius 1 is 0.846 bits per heavy atom. The molecule has 0 saturated carbocycles. The van der Waals surface area contributed by atoms with E-state index >= 15 is 0 Å². The van der Waals surface area contributed by atoms with E-state index in [0.29, 0.717) is 0 Å². The van der Waals surface area contributed by atoms with Gasteiger partial charge in [-0.1, -0.05) is 21.6 Å². The molecule has 0 aromatic heterocycles. The maximum Gasteiger partial charge on any atom is 0.0565 e.